The van der Waals surface area contributed by atoms with Crippen LogP contribution >= 0.6 is 0 Å². The van der Waals surface area contributed by atoms with Gasteiger partial charge in [0.2, 0.25) is 6.10 Å². The number of nitro groups is 1. The summed E-state index contributed by atoms with van der Waals surface area (Å²) in [6, 6.07) is 11.9. The normalized spacial score (nSPS) is 15.7. The summed E-state index contributed by atoms with van der Waals surface area (Å²) in [5.41, 5.74) is 3.55. The highest BCUT2D eigenvalue weighted by molar-refractivity contribution is 5.85. The molecule has 2 aromatic rings. The minimum atomic E-state index is -0.821. The molecule has 0 saturated carbocycles. The smallest absolute Gasteiger partial charge is 0.284 e. The van der Waals surface area contributed by atoms with E-state index in [0.717, 1.165) is 0 Å². The van der Waals surface area contributed by atoms with Crippen molar-refractivity contribution in [2.45, 2.75) is 19.4 Å². The maximum absolute atomic E-state index is 12.1. The molecule has 0 saturated heterocycles. The van der Waals surface area contributed by atoms with Gasteiger partial charge in [-0.05, 0) is 18.6 Å². The Kier molecular flexibility index (Phi) is 5.12. The third-order valence-electron chi connectivity index (χ3n) is 3.88. The van der Waals surface area contributed by atoms with Crippen molar-refractivity contribution in [3.8, 4) is 11.5 Å². The summed E-state index contributed by atoms with van der Waals surface area (Å²) < 4.78 is 11.1. The average molecular weight is 355 g/mol. The molecule has 0 aromatic heterocycles. The van der Waals surface area contributed by atoms with Gasteiger partial charge in [-0.2, -0.15) is 5.10 Å². The number of para-hydroxylation sites is 2. The zero-order valence-electron chi connectivity index (χ0n) is 14.0. The van der Waals surface area contributed by atoms with E-state index in [0.29, 0.717) is 29.0 Å². The zero-order chi connectivity index (χ0) is 18.5. The molecule has 8 nitrogen and oxygen atoms in total. The van der Waals surface area contributed by atoms with Gasteiger partial charge in [0.25, 0.3) is 11.6 Å². The maximum atomic E-state index is 12.1. The number of carbonyl (C=O) groups is 1. The Morgan fingerprint density at radius 1 is 1.35 bits per heavy atom. The molecule has 1 aliphatic rings. The largest absolute Gasteiger partial charge is 0.485 e. The Bertz CT molecular complexity index is 866. The van der Waals surface area contributed by atoms with Crippen molar-refractivity contribution < 1.29 is 19.2 Å². The van der Waals surface area contributed by atoms with Gasteiger partial charge >= 0.3 is 0 Å². The number of ether oxygens (including phenoxy) is 2. The van der Waals surface area contributed by atoms with Gasteiger partial charge in [0, 0.05) is 17.2 Å². The van der Waals surface area contributed by atoms with E-state index >= 15 is 0 Å². The van der Waals surface area contributed by atoms with Crippen LogP contribution in [0.15, 0.2) is 47.6 Å². The number of hydrogen-bond acceptors (Lipinski definition) is 6. The van der Waals surface area contributed by atoms with Gasteiger partial charge in [-0.25, -0.2) is 5.43 Å². The van der Waals surface area contributed by atoms with Crippen LogP contribution in [0.2, 0.25) is 0 Å². The molecule has 1 atom stereocenters. The van der Waals surface area contributed by atoms with Crippen LogP contribution in [0.4, 0.5) is 5.69 Å². The molecule has 2 aromatic carbocycles. The maximum Gasteiger partial charge on any atom is 0.284 e. The second-order valence-corrected chi connectivity index (χ2v) is 5.60. The standard InChI is InChI=1S/C18H17N3O5/c1-2-13-8-7-12(9-14(13)21(23)24)10-19-20-18(22)17-11-25-15-5-3-4-6-16(15)26-17/h3-10,17H,2,11H2,1H3,(H,20,22)/b19-10-/t17-/m0/s1. The number of carbonyl (C=O) groups excluding carboxylic acids is 1. The summed E-state index contributed by atoms with van der Waals surface area (Å²) in [5.74, 6) is 0.618. The fourth-order valence-corrected chi connectivity index (χ4v) is 2.52. The van der Waals surface area contributed by atoms with Gasteiger partial charge in [-0.3, -0.25) is 14.9 Å². The van der Waals surface area contributed by atoms with Crippen LogP contribution in [0.5, 0.6) is 11.5 Å². The molecule has 3 rings (SSSR count). The molecule has 26 heavy (non-hydrogen) atoms. The molecule has 0 aliphatic carbocycles. The molecule has 1 heterocycles. The van der Waals surface area contributed by atoms with Crippen molar-refractivity contribution >= 4 is 17.8 Å². The molecule has 1 aliphatic heterocycles. The molecule has 1 amide bonds. The van der Waals surface area contributed by atoms with E-state index in [1.807, 2.05) is 13.0 Å². The number of rotatable bonds is 5. The number of hydrazone groups is 1. The fourth-order valence-electron chi connectivity index (χ4n) is 2.52. The average Bonchev–Trinajstić information content (AvgIpc) is 2.67. The lowest BCUT2D eigenvalue weighted by atomic mass is 10.1. The van der Waals surface area contributed by atoms with E-state index in [9.17, 15) is 14.9 Å². The highest BCUT2D eigenvalue weighted by Crippen LogP contribution is 2.30. The minimum absolute atomic E-state index is 0.0309. The van der Waals surface area contributed by atoms with Gasteiger partial charge in [-0.15, -0.1) is 0 Å². The number of fused-ring (bicyclic) bond motifs is 1. The summed E-state index contributed by atoms with van der Waals surface area (Å²) >= 11 is 0. The van der Waals surface area contributed by atoms with E-state index in [1.54, 1.807) is 30.3 Å². The number of aryl methyl sites for hydroxylation is 1. The number of nitrogens with zero attached hydrogens (tertiary/aromatic N) is 2. The topological polar surface area (TPSA) is 103 Å². The van der Waals surface area contributed by atoms with Crippen LogP contribution in [-0.2, 0) is 11.2 Å². The second kappa shape index (κ2) is 7.64. The van der Waals surface area contributed by atoms with Crippen LogP contribution in [-0.4, -0.2) is 29.8 Å². The minimum Gasteiger partial charge on any atom is -0.485 e. The third-order valence-corrected chi connectivity index (χ3v) is 3.88. The van der Waals surface area contributed by atoms with Crippen molar-refractivity contribution in [3.63, 3.8) is 0 Å². The summed E-state index contributed by atoms with van der Waals surface area (Å²) in [7, 11) is 0. The van der Waals surface area contributed by atoms with Crippen molar-refractivity contribution in [2.24, 2.45) is 5.10 Å². The highest BCUT2D eigenvalue weighted by Gasteiger charge is 2.27. The van der Waals surface area contributed by atoms with Gasteiger partial charge < -0.3 is 9.47 Å². The Morgan fingerprint density at radius 2 is 2.12 bits per heavy atom. The predicted molar refractivity (Wildman–Crippen MR) is 94.6 cm³/mol. The fraction of sp³-hybridized carbons (Fsp3) is 0.222. The number of nitrogens with one attached hydrogen (secondary N) is 1. The Labute approximate surface area is 149 Å². The molecule has 0 radical (unpaired) electrons. The van der Waals surface area contributed by atoms with Crippen molar-refractivity contribution in [2.75, 3.05) is 6.61 Å². The summed E-state index contributed by atoms with van der Waals surface area (Å²) in [4.78, 5) is 22.8. The van der Waals surface area contributed by atoms with Crippen molar-refractivity contribution in [1.82, 2.24) is 5.43 Å². The molecule has 0 bridgehead atoms. The van der Waals surface area contributed by atoms with Crippen LogP contribution in [0.1, 0.15) is 18.1 Å². The van der Waals surface area contributed by atoms with E-state index in [4.69, 9.17) is 9.47 Å². The summed E-state index contributed by atoms with van der Waals surface area (Å²) in [6.45, 7) is 1.93. The first-order chi connectivity index (χ1) is 12.6. The number of benzene rings is 2. The van der Waals surface area contributed by atoms with Crippen molar-refractivity contribution in [3.05, 3.63) is 63.7 Å². The van der Waals surface area contributed by atoms with Crippen LogP contribution in [0, 0.1) is 10.1 Å². The van der Waals surface area contributed by atoms with E-state index in [1.165, 1.54) is 12.3 Å². The molecule has 0 fully saturated rings. The Hall–Kier alpha value is -3.42. The monoisotopic (exact) mass is 355 g/mol. The van der Waals surface area contributed by atoms with Gasteiger partial charge in [0.05, 0.1) is 11.1 Å². The highest BCUT2D eigenvalue weighted by atomic mass is 16.6. The number of nitro benzene ring substituents is 1. The number of hydrogen-bond donors (Lipinski definition) is 1. The predicted octanol–water partition coefficient (Wildman–Crippen LogP) is 2.45. The lowest BCUT2D eigenvalue weighted by Crippen LogP contribution is -2.42. The zero-order valence-corrected chi connectivity index (χ0v) is 14.0. The SMILES string of the molecule is CCc1ccc(/C=N\NC(=O)[C@@H]2COc3ccccc3O2)cc1[N+](=O)[O-]. The van der Waals surface area contributed by atoms with Crippen molar-refractivity contribution in [1.29, 1.82) is 0 Å². The molecule has 134 valence electrons. The van der Waals surface area contributed by atoms with E-state index < -0.39 is 16.9 Å². The van der Waals surface area contributed by atoms with Crippen LogP contribution in [0.25, 0.3) is 0 Å². The molecule has 8 heteroatoms. The third kappa shape index (κ3) is 3.80. The first kappa shape index (κ1) is 17.4. The lowest BCUT2D eigenvalue weighted by Gasteiger charge is -2.24. The Morgan fingerprint density at radius 3 is 2.85 bits per heavy atom. The molecule has 1 N–H and O–H groups in total. The van der Waals surface area contributed by atoms with Gasteiger partial charge in [0.15, 0.2) is 11.5 Å². The Balaban J connectivity index is 1.63. The van der Waals surface area contributed by atoms with Crippen LogP contribution in [0.3, 0.4) is 0 Å². The van der Waals surface area contributed by atoms with E-state index in [-0.39, 0.29) is 12.3 Å². The first-order valence-electron chi connectivity index (χ1n) is 8.07. The van der Waals surface area contributed by atoms with Crippen LogP contribution < -0.4 is 14.9 Å². The van der Waals surface area contributed by atoms with Gasteiger partial charge in [0.1, 0.15) is 6.61 Å². The summed E-state index contributed by atoms with van der Waals surface area (Å²) in [5, 5.41) is 14.9. The summed E-state index contributed by atoms with van der Waals surface area (Å²) in [6.07, 6.45) is 1.09. The quantitative estimate of drug-likeness (QED) is 0.504. The number of amides is 1. The lowest BCUT2D eigenvalue weighted by molar-refractivity contribution is -0.385. The van der Waals surface area contributed by atoms with E-state index in [2.05, 4.69) is 10.5 Å². The molecule has 0 unspecified atom stereocenters. The molecular formula is C18H17N3O5. The molecule has 0 spiro atoms. The first-order valence-corrected chi connectivity index (χ1v) is 8.07. The van der Waals surface area contributed by atoms with Gasteiger partial charge in [-0.1, -0.05) is 31.2 Å². The second-order valence-electron chi connectivity index (χ2n) is 5.60. The molecular weight excluding hydrogens is 338 g/mol.